The van der Waals surface area contributed by atoms with Crippen LogP contribution in [0.3, 0.4) is 0 Å². The van der Waals surface area contributed by atoms with Crippen LogP contribution >= 0.6 is 27.3 Å². The minimum Gasteiger partial charge on any atom is -0.493 e. The number of amides is 1. The fourth-order valence-electron chi connectivity index (χ4n) is 2.71. The van der Waals surface area contributed by atoms with Crippen LogP contribution in [0.25, 0.3) is 5.65 Å². The molecular formula is C20H16BrN3O3S. The summed E-state index contributed by atoms with van der Waals surface area (Å²) in [5.74, 6) is 0.933. The maximum absolute atomic E-state index is 12.4. The SMILES string of the molecule is COc1ccc(NC(=O)c2csc(Br)c2)cc1OCc1cn2ccccc2n1. The molecule has 0 aliphatic carbocycles. The lowest BCUT2D eigenvalue weighted by molar-refractivity contribution is 0.102. The van der Waals surface area contributed by atoms with E-state index in [2.05, 4.69) is 26.2 Å². The Morgan fingerprint density at radius 2 is 2.14 bits per heavy atom. The molecule has 0 saturated heterocycles. The Hall–Kier alpha value is -2.84. The molecular weight excluding hydrogens is 442 g/mol. The number of thiophene rings is 1. The van der Waals surface area contributed by atoms with Gasteiger partial charge < -0.3 is 19.2 Å². The van der Waals surface area contributed by atoms with Crippen molar-refractivity contribution >= 4 is 44.5 Å². The standard InChI is InChI=1S/C20H16BrN3O3S/c1-26-16-6-5-14(23-20(25)13-8-18(21)28-12-13)9-17(16)27-11-15-10-24-7-3-2-4-19(24)22-15/h2-10,12H,11H2,1H3,(H,23,25). The zero-order valence-corrected chi connectivity index (χ0v) is 17.3. The lowest BCUT2D eigenvalue weighted by Crippen LogP contribution is -2.11. The van der Waals surface area contributed by atoms with Gasteiger partial charge in [-0.25, -0.2) is 4.98 Å². The minimum absolute atomic E-state index is 0.182. The van der Waals surface area contributed by atoms with Gasteiger partial charge in [0.15, 0.2) is 11.5 Å². The summed E-state index contributed by atoms with van der Waals surface area (Å²) in [6.45, 7) is 0.285. The fourth-order valence-corrected chi connectivity index (χ4v) is 3.84. The number of carbonyl (C=O) groups is 1. The monoisotopic (exact) mass is 457 g/mol. The smallest absolute Gasteiger partial charge is 0.256 e. The number of rotatable bonds is 6. The lowest BCUT2D eigenvalue weighted by atomic mass is 10.2. The molecule has 4 rings (SSSR count). The molecule has 0 radical (unpaired) electrons. The Kier molecular flexibility index (Phi) is 5.31. The summed E-state index contributed by atoms with van der Waals surface area (Å²) in [7, 11) is 1.58. The van der Waals surface area contributed by atoms with Crippen molar-refractivity contribution in [3.63, 3.8) is 0 Å². The second-order valence-electron chi connectivity index (χ2n) is 5.95. The molecule has 6 nitrogen and oxygen atoms in total. The molecule has 0 spiro atoms. The van der Waals surface area contributed by atoms with Crippen molar-refractivity contribution in [2.24, 2.45) is 0 Å². The average molecular weight is 458 g/mol. The highest BCUT2D eigenvalue weighted by molar-refractivity contribution is 9.11. The molecule has 0 fully saturated rings. The van der Waals surface area contributed by atoms with Gasteiger partial charge in [-0.15, -0.1) is 11.3 Å². The van der Waals surface area contributed by atoms with Gasteiger partial charge in [0.2, 0.25) is 0 Å². The molecule has 8 heteroatoms. The number of hydrogen-bond acceptors (Lipinski definition) is 5. The summed E-state index contributed by atoms with van der Waals surface area (Å²) in [4.78, 5) is 16.9. The number of ether oxygens (including phenoxy) is 2. The molecule has 0 bridgehead atoms. The quantitative estimate of drug-likeness (QED) is 0.442. The molecule has 1 aromatic carbocycles. The summed E-state index contributed by atoms with van der Waals surface area (Å²) in [5, 5.41) is 4.67. The van der Waals surface area contributed by atoms with E-state index in [1.165, 1.54) is 11.3 Å². The summed E-state index contributed by atoms with van der Waals surface area (Å²) < 4.78 is 14.1. The minimum atomic E-state index is -0.182. The van der Waals surface area contributed by atoms with Crippen LogP contribution in [0.4, 0.5) is 5.69 Å². The van der Waals surface area contributed by atoms with Crippen molar-refractivity contribution in [3.8, 4) is 11.5 Å². The van der Waals surface area contributed by atoms with Crippen LogP contribution in [0.15, 0.2) is 64.0 Å². The Bertz CT molecular complexity index is 1110. The first-order valence-electron chi connectivity index (χ1n) is 8.41. The van der Waals surface area contributed by atoms with E-state index in [1.807, 2.05) is 35.0 Å². The first-order valence-corrected chi connectivity index (χ1v) is 10.1. The van der Waals surface area contributed by atoms with Gasteiger partial charge in [-0.05, 0) is 46.3 Å². The summed E-state index contributed by atoms with van der Waals surface area (Å²) >= 11 is 4.83. The first-order chi connectivity index (χ1) is 13.6. The number of hydrogen-bond donors (Lipinski definition) is 1. The van der Waals surface area contributed by atoms with Crippen molar-refractivity contribution < 1.29 is 14.3 Å². The molecule has 3 aromatic heterocycles. The number of benzene rings is 1. The van der Waals surface area contributed by atoms with E-state index < -0.39 is 0 Å². The molecule has 0 unspecified atom stereocenters. The third-order valence-electron chi connectivity index (χ3n) is 4.04. The number of aromatic nitrogens is 2. The largest absolute Gasteiger partial charge is 0.493 e. The van der Waals surface area contributed by atoms with Crippen LogP contribution in [0, 0.1) is 0 Å². The van der Waals surface area contributed by atoms with Gasteiger partial charge in [0.05, 0.1) is 22.2 Å². The Morgan fingerprint density at radius 3 is 2.89 bits per heavy atom. The maximum Gasteiger partial charge on any atom is 0.256 e. The van der Waals surface area contributed by atoms with Crippen LogP contribution in [0.2, 0.25) is 0 Å². The van der Waals surface area contributed by atoms with Crippen molar-refractivity contribution in [2.75, 3.05) is 12.4 Å². The Morgan fingerprint density at radius 1 is 1.25 bits per heavy atom. The predicted molar refractivity (Wildman–Crippen MR) is 112 cm³/mol. The van der Waals surface area contributed by atoms with Crippen LogP contribution < -0.4 is 14.8 Å². The first kappa shape index (κ1) is 18.5. The van der Waals surface area contributed by atoms with E-state index in [0.29, 0.717) is 22.7 Å². The van der Waals surface area contributed by atoms with Crippen LogP contribution in [0.5, 0.6) is 11.5 Å². The van der Waals surface area contributed by atoms with Gasteiger partial charge in [-0.2, -0.15) is 0 Å². The number of anilines is 1. The highest BCUT2D eigenvalue weighted by atomic mass is 79.9. The van der Waals surface area contributed by atoms with Gasteiger partial charge >= 0.3 is 0 Å². The molecule has 28 heavy (non-hydrogen) atoms. The van der Waals surface area contributed by atoms with Crippen molar-refractivity contribution in [2.45, 2.75) is 6.61 Å². The summed E-state index contributed by atoms with van der Waals surface area (Å²) in [6, 6.07) is 12.9. The van der Waals surface area contributed by atoms with Crippen molar-refractivity contribution in [3.05, 3.63) is 75.3 Å². The number of nitrogens with zero attached hydrogens (tertiary/aromatic N) is 2. The van der Waals surface area contributed by atoms with Crippen LogP contribution in [-0.2, 0) is 6.61 Å². The van der Waals surface area contributed by atoms with Crippen LogP contribution in [0.1, 0.15) is 16.1 Å². The number of imidazole rings is 1. The number of fused-ring (bicyclic) bond motifs is 1. The fraction of sp³-hybridized carbons (Fsp3) is 0.100. The lowest BCUT2D eigenvalue weighted by Gasteiger charge is -2.12. The average Bonchev–Trinajstić information content (AvgIpc) is 3.32. The number of methoxy groups -OCH3 is 1. The van der Waals surface area contributed by atoms with Crippen LogP contribution in [-0.4, -0.2) is 22.4 Å². The third-order valence-corrected chi connectivity index (χ3v) is 5.55. The molecule has 0 saturated carbocycles. The van der Waals surface area contributed by atoms with E-state index in [0.717, 1.165) is 15.1 Å². The molecule has 0 aliphatic heterocycles. The highest BCUT2D eigenvalue weighted by Crippen LogP contribution is 2.31. The van der Waals surface area contributed by atoms with Gasteiger partial charge in [-0.3, -0.25) is 4.79 Å². The topological polar surface area (TPSA) is 64.9 Å². The number of halogens is 1. The van der Waals surface area contributed by atoms with Crippen molar-refractivity contribution in [1.82, 2.24) is 9.38 Å². The molecule has 0 aliphatic rings. The second kappa shape index (κ2) is 8.04. The highest BCUT2D eigenvalue weighted by Gasteiger charge is 2.12. The summed E-state index contributed by atoms with van der Waals surface area (Å²) in [6.07, 6.45) is 3.85. The van der Waals surface area contributed by atoms with Crippen molar-refractivity contribution in [1.29, 1.82) is 0 Å². The number of pyridine rings is 1. The van der Waals surface area contributed by atoms with Gasteiger partial charge in [0.25, 0.3) is 5.91 Å². The third kappa shape index (κ3) is 4.02. The maximum atomic E-state index is 12.4. The van der Waals surface area contributed by atoms with E-state index in [-0.39, 0.29) is 12.5 Å². The zero-order valence-electron chi connectivity index (χ0n) is 14.9. The number of nitrogens with one attached hydrogen (secondary N) is 1. The molecule has 1 amide bonds. The second-order valence-corrected chi connectivity index (χ2v) is 8.24. The van der Waals surface area contributed by atoms with E-state index >= 15 is 0 Å². The Labute approximate surface area is 173 Å². The number of carbonyl (C=O) groups excluding carboxylic acids is 1. The zero-order chi connectivity index (χ0) is 19.5. The van der Waals surface area contributed by atoms with E-state index in [1.54, 1.807) is 36.8 Å². The van der Waals surface area contributed by atoms with Gasteiger partial charge in [0, 0.05) is 29.5 Å². The normalized spacial score (nSPS) is 10.8. The molecule has 0 atom stereocenters. The summed E-state index contributed by atoms with van der Waals surface area (Å²) in [5.41, 5.74) is 2.87. The molecule has 3 heterocycles. The Balaban J connectivity index is 1.50. The van der Waals surface area contributed by atoms with E-state index in [9.17, 15) is 4.79 Å². The molecule has 4 aromatic rings. The van der Waals surface area contributed by atoms with Gasteiger partial charge in [0.1, 0.15) is 12.3 Å². The predicted octanol–water partition coefficient (Wildman–Crippen LogP) is 5.00. The molecule has 1 N–H and O–H groups in total. The van der Waals surface area contributed by atoms with Gasteiger partial charge in [-0.1, -0.05) is 6.07 Å². The van der Waals surface area contributed by atoms with E-state index in [4.69, 9.17) is 9.47 Å². The molecule has 142 valence electrons.